The van der Waals surface area contributed by atoms with Gasteiger partial charge in [-0.2, -0.15) is 0 Å². The summed E-state index contributed by atoms with van der Waals surface area (Å²) in [5.74, 6) is 0.399. The van der Waals surface area contributed by atoms with Gasteiger partial charge in [-0.1, -0.05) is 0 Å². The molecule has 0 bridgehead atoms. The van der Waals surface area contributed by atoms with E-state index in [-0.39, 0.29) is 29.3 Å². The molecule has 0 unspecified atom stereocenters. The smallest absolute Gasteiger partial charge is 0.328 e. The predicted octanol–water partition coefficient (Wildman–Crippen LogP) is 0.179. The van der Waals surface area contributed by atoms with Gasteiger partial charge >= 0.3 is 5.69 Å². The Balaban J connectivity index is 2.00. The van der Waals surface area contributed by atoms with Crippen molar-refractivity contribution in [3.8, 4) is 0 Å². The highest BCUT2D eigenvalue weighted by Gasteiger charge is 2.61. The third-order valence-corrected chi connectivity index (χ3v) is 4.47. The number of nitrogens with zero attached hydrogens (tertiary/aromatic N) is 1. The first-order valence-electron chi connectivity index (χ1n) is 6.00. The van der Waals surface area contributed by atoms with Crippen LogP contribution >= 0.6 is 0 Å². The Morgan fingerprint density at radius 1 is 1.59 bits per heavy atom. The van der Waals surface area contributed by atoms with Gasteiger partial charge in [0.1, 0.15) is 0 Å². The molecule has 2 aliphatic rings. The van der Waals surface area contributed by atoms with E-state index in [0.717, 1.165) is 19.3 Å². The van der Waals surface area contributed by atoms with E-state index in [1.54, 1.807) is 17.7 Å². The summed E-state index contributed by atoms with van der Waals surface area (Å²) in [6.45, 7) is 1.92. The molecule has 5 nitrogen and oxygen atoms in total. The van der Waals surface area contributed by atoms with E-state index in [2.05, 4.69) is 4.98 Å². The normalized spacial score (nSPS) is 34.7. The fourth-order valence-electron chi connectivity index (χ4n) is 3.27. The molecule has 0 radical (unpaired) electrons. The van der Waals surface area contributed by atoms with Gasteiger partial charge in [0.05, 0.1) is 0 Å². The molecule has 2 saturated carbocycles. The van der Waals surface area contributed by atoms with Gasteiger partial charge in [0.25, 0.3) is 5.56 Å². The lowest BCUT2D eigenvalue weighted by molar-refractivity contribution is 0.205. The van der Waals surface area contributed by atoms with Crippen molar-refractivity contribution >= 4 is 0 Å². The van der Waals surface area contributed by atoms with Gasteiger partial charge in [0, 0.05) is 24.4 Å². The molecule has 2 fully saturated rings. The number of aryl methyl sites for hydroxylation is 1. The third-order valence-electron chi connectivity index (χ3n) is 4.47. The Morgan fingerprint density at radius 3 is 2.94 bits per heavy atom. The molecule has 0 spiro atoms. The molecule has 1 heterocycles. The standard InChI is InChI=1S/C12H16N2O3/c1-7-5-14(11(17)13-10(7)16)9-2-3-12(6-15)4-8(9)12/h5,8-9,15H,2-4,6H2,1H3,(H,13,16,17)/t8-,9+,12+/m1/s1. The van der Waals surface area contributed by atoms with Crippen LogP contribution in [0.15, 0.2) is 15.8 Å². The summed E-state index contributed by atoms with van der Waals surface area (Å²) < 4.78 is 1.64. The molecule has 2 aliphatic carbocycles. The topological polar surface area (TPSA) is 75.1 Å². The molecule has 3 rings (SSSR count). The predicted molar refractivity (Wildman–Crippen MR) is 62.0 cm³/mol. The molecule has 3 atom stereocenters. The zero-order chi connectivity index (χ0) is 12.2. The molecule has 92 valence electrons. The lowest BCUT2D eigenvalue weighted by Crippen LogP contribution is -2.33. The Labute approximate surface area is 98.1 Å². The summed E-state index contributed by atoms with van der Waals surface area (Å²) in [4.78, 5) is 25.4. The van der Waals surface area contributed by atoms with E-state index in [0.29, 0.717) is 11.5 Å². The summed E-state index contributed by atoms with van der Waals surface area (Å²) in [6.07, 6.45) is 4.54. The van der Waals surface area contributed by atoms with Crippen molar-refractivity contribution in [2.45, 2.75) is 32.2 Å². The lowest BCUT2D eigenvalue weighted by Gasteiger charge is -2.15. The molecule has 0 saturated heterocycles. The lowest BCUT2D eigenvalue weighted by atomic mass is 10.1. The van der Waals surface area contributed by atoms with E-state index in [1.807, 2.05) is 0 Å². The Hall–Kier alpha value is -1.36. The number of hydrogen-bond donors (Lipinski definition) is 2. The van der Waals surface area contributed by atoms with Crippen LogP contribution in [0.5, 0.6) is 0 Å². The highest BCUT2D eigenvalue weighted by Crippen LogP contribution is 2.66. The Bertz CT molecular complexity index is 574. The number of H-pyrrole nitrogens is 1. The number of nitrogens with one attached hydrogen (secondary N) is 1. The van der Waals surface area contributed by atoms with Gasteiger partial charge in [-0.05, 0) is 37.5 Å². The molecule has 0 aromatic carbocycles. The number of aliphatic hydroxyl groups is 1. The van der Waals surface area contributed by atoms with Gasteiger partial charge in [-0.3, -0.25) is 14.3 Å². The van der Waals surface area contributed by atoms with Crippen molar-refractivity contribution in [1.29, 1.82) is 0 Å². The quantitative estimate of drug-likeness (QED) is 0.769. The van der Waals surface area contributed by atoms with Crippen molar-refractivity contribution in [2.24, 2.45) is 11.3 Å². The zero-order valence-corrected chi connectivity index (χ0v) is 9.77. The first-order chi connectivity index (χ1) is 8.07. The molecule has 2 N–H and O–H groups in total. The van der Waals surface area contributed by atoms with Crippen LogP contribution in [-0.2, 0) is 0 Å². The maximum atomic E-state index is 11.8. The largest absolute Gasteiger partial charge is 0.396 e. The number of rotatable bonds is 2. The van der Waals surface area contributed by atoms with E-state index in [4.69, 9.17) is 0 Å². The highest BCUT2D eigenvalue weighted by atomic mass is 16.3. The number of aliphatic hydroxyl groups excluding tert-OH is 1. The second kappa shape index (κ2) is 3.32. The molecule has 1 aromatic rings. The van der Waals surface area contributed by atoms with Crippen LogP contribution in [0.1, 0.15) is 30.9 Å². The van der Waals surface area contributed by atoms with Crippen LogP contribution in [0.2, 0.25) is 0 Å². The maximum absolute atomic E-state index is 11.8. The molecule has 17 heavy (non-hydrogen) atoms. The first kappa shape index (κ1) is 10.8. The van der Waals surface area contributed by atoms with Crippen LogP contribution in [0.25, 0.3) is 0 Å². The van der Waals surface area contributed by atoms with Gasteiger partial charge in [0.15, 0.2) is 0 Å². The van der Waals surface area contributed by atoms with Gasteiger partial charge < -0.3 is 5.11 Å². The van der Waals surface area contributed by atoms with Crippen LogP contribution < -0.4 is 11.2 Å². The van der Waals surface area contributed by atoms with Crippen LogP contribution in [-0.4, -0.2) is 21.3 Å². The van der Waals surface area contributed by atoms with Gasteiger partial charge in [-0.15, -0.1) is 0 Å². The average Bonchev–Trinajstić information content (AvgIpc) is 2.92. The van der Waals surface area contributed by atoms with Crippen molar-refractivity contribution in [3.05, 3.63) is 32.6 Å². The first-order valence-corrected chi connectivity index (χ1v) is 6.00. The van der Waals surface area contributed by atoms with E-state index < -0.39 is 0 Å². The van der Waals surface area contributed by atoms with E-state index in [9.17, 15) is 14.7 Å². The van der Waals surface area contributed by atoms with Crippen LogP contribution in [0.4, 0.5) is 0 Å². The minimum atomic E-state index is -0.328. The maximum Gasteiger partial charge on any atom is 0.328 e. The van der Waals surface area contributed by atoms with Crippen LogP contribution in [0, 0.1) is 18.3 Å². The molecule has 1 aromatic heterocycles. The Morgan fingerprint density at radius 2 is 2.35 bits per heavy atom. The number of aromatic nitrogens is 2. The Kier molecular flexibility index (Phi) is 2.10. The number of fused-ring (bicyclic) bond motifs is 1. The van der Waals surface area contributed by atoms with Gasteiger partial charge in [0.2, 0.25) is 0 Å². The van der Waals surface area contributed by atoms with E-state index in [1.165, 1.54) is 0 Å². The van der Waals surface area contributed by atoms with Crippen molar-refractivity contribution < 1.29 is 5.11 Å². The van der Waals surface area contributed by atoms with Gasteiger partial charge in [-0.25, -0.2) is 4.79 Å². The third kappa shape index (κ3) is 1.42. The average molecular weight is 236 g/mol. The summed E-state index contributed by atoms with van der Waals surface area (Å²) in [6, 6.07) is 0.144. The van der Waals surface area contributed by atoms with E-state index >= 15 is 0 Å². The van der Waals surface area contributed by atoms with Crippen molar-refractivity contribution in [2.75, 3.05) is 6.61 Å². The second-order valence-corrected chi connectivity index (χ2v) is 5.42. The second-order valence-electron chi connectivity index (χ2n) is 5.42. The fourth-order valence-corrected chi connectivity index (χ4v) is 3.27. The highest BCUT2D eigenvalue weighted by molar-refractivity contribution is 5.13. The zero-order valence-electron chi connectivity index (χ0n) is 9.77. The van der Waals surface area contributed by atoms with Crippen molar-refractivity contribution in [1.82, 2.24) is 9.55 Å². The summed E-state index contributed by atoms with van der Waals surface area (Å²) in [7, 11) is 0. The fraction of sp³-hybridized carbons (Fsp3) is 0.667. The molecular formula is C12H16N2O3. The summed E-state index contributed by atoms with van der Waals surface area (Å²) in [5.41, 5.74) is -0.0137. The summed E-state index contributed by atoms with van der Waals surface area (Å²) in [5, 5.41) is 9.35. The summed E-state index contributed by atoms with van der Waals surface area (Å²) >= 11 is 0. The number of aromatic amines is 1. The monoisotopic (exact) mass is 236 g/mol. The SMILES string of the molecule is Cc1cn([C@H]2CC[C@@]3(CO)C[C@H]23)c(=O)[nH]c1=O. The molecule has 5 heteroatoms. The molecule has 0 aliphatic heterocycles. The molecular weight excluding hydrogens is 220 g/mol. The molecule has 0 amide bonds. The number of hydrogen-bond acceptors (Lipinski definition) is 3. The van der Waals surface area contributed by atoms with Crippen LogP contribution in [0.3, 0.4) is 0 Å². The minimum absolute atomic E-state index is 0.0636. The van der Waals surface area contributed by atoms with Crippen molar-refractivity contribution in [3.63, 3.8) is 0 Å². The minimum Gasteiger partial charge on any atom is -0.396 e.